The third kappa shape index (κ3) is 5.00. The maximum atomic E-state index is 13.2. The zero-order valence-corrected chi connectivity index (χ0v) is 14.1. The lowest BCUT2D eigenvalue weighted by molar-refractivity contribution is -0.121. The van der Waals surface area contributed by atoms with Crippen LogP contribution in [0.15, 0.2) is 42.6 Å². The Morgan fingerprint density at radius 1 is 1.24 bits per heavy atom. The van der Waals surface area contributed by atoms with E-state index in [0.717, 1.165) is 30.0 Å². The summed E-state index contributed by atoms with van der Waals surface area (Å²) in [7, 11) is 0. The summed E-state index contributed by atoms with van der Waals surface area (Å²) in [5, 5.41) is 2.93. The molecule has 0 atom stereocenters. The minimum atomic E-state index is -0.275. The van der Waals surface area contributed by atoms with Gasteiger partial charge in [-0.3, -0.25) is 4.79 Å². The first kappa shape index (κ1) is 17.4. The van der Waals surface area contributed by atoms with E-state index in [1.54, 1.807) is 12.3 Å². The second-order valence-corrected chi connectivity index (χ2v) is 5.99. The average Bonchev–Trinajstić information content (AvgIpc) is 2.66. The Morgan fingerprint density at radius 2 is 2.08 bits per heavy atom. The van der Waals surface area contributed by atoms with Crippen molar-refractivity contribution in [1.82, 2.24) is 10.3 Å². The van der Waals surface area contributed by atoms with Crippen LogP contribution in [-0.2, 0) is 22.5 Å². The van der Waals surface area contributed by atoms with Crippen LogP contribution in [0.5, 0.6) is 0 Å². The third-order valence-electron chi connectivity index (χ3n) is 4.18. The molecule has 0 radical (unpaired) electrons. The van der Waals surface area contributed by atoms with Crippen molar-refractivity contribution in [3.05, 3.63) is 59.5 Å². The second kappa shape index (κ2) is 8.58. The average molecular weight is 343 g/mol. The van der Waals surface area contributed by atoms with Gasteiger partial charge in [-0.2, -0.15) is 0 Å². The van der Waals surface area contributed by atoms with E-state index < -0.39 is 0 Å². The van der Waals surface area contributed by atoms with Crippen molar-refractivity contribution in [1.29, 1.82) is 0 Å². The molecule has 0 unspecified atom stereocenters. The van der Waals surface area contributed by atoms with E-state index in [4.69, 9.17) is 4.74 Å². The van der Waals surface area contributed by atoms with Gasteiger partial charge in [-0.25, -0.2) is 9.37 Å². The van der Waals surface area contributed by atoms with Crippen molar-refractivity contribution in [2.75, 3.05) is 31.2 Å². The van der Waals surface area contributed by atoms with Gasteiger partial charge in [0.05, 0.1) is 13.2 Å². The topological polar surface area (TPSA) is 54.5 Å². The molecule has 2 aromatic rings. The van der Waals surface area contributed by atoms with E-state index in [1.165, 1.54) is 12.1 Å². The van der Waals surface area contributed by atoms with E-state index >= 15 is 0 Å². The Kier molecular flexibility index (Phi) is 5.95. The first-order valence-electron chi connectivity index (χ1n) is 8.50. The van der Waals surface area contributed by atoms with E-state index in [2.05, 4.69) is 15.2 Å². The molecule has 0 aliphatic carbocycles. The number of carbonyl (C=O) groups is 1. The molecule has 1 aliphatic rings. The lowest BCUT2D eigenvalue weighted by Crippen LogP contribution is -2.37. The van der Waals surface area contributed by atoms with Crippen molar-refractivity contribution in [2.45, 2.75) is 19.4 Å². The quantitative estimate of drug-likeness (QED) is 0.874. The van der Waals surface area contributed by atoms with Crippen molar-refractivity contribution in [2.24, 2.45) is 0 Å². The molecule has 0 bridgehead atoms. The van der Waals surface area contributed by atoms with Crippen molar-refractivity contribution in [3.63, 3.8) is 0 Å². The summed E-state index contributed by atoms with van der Waals surface area (Å²) in [6.45, 7) is 3.42. The SMILES string of the molecule is O=C(CCc1cccc(F)c1)NCc1cccnc1N1CCOCC1. The number of nitrogens with one attached hydrogen (secondary N) is 1. The zero-order chi connectivity index (χ0) is 17.5. The summed E-state index contributed by atoms with van der Waals surface area (Å²) in [6.07, 6.45) is 2.61. The van der Waals surface area contributed by atoms with Gasteiger partial charge >= 0.3 is 0 Å². The predicted molar refractivity (Wildman–Crippen MR) is 93.8 cm³/mol. The monoisotopic (exact) mass is 343 g/mol. The molecule has 1 aliphatic heterocycles. The molecule has 0 saturated carbocycles. The van der Waals surface area contributed by atoms with Gasteiger partial charge in [-0.05, 0) is 30.2 Å². The van der Waals surface area contributed by atoms with Gasteiger partial charge in [0.25, 0.3) is 0 Å². The lowest BCUT2D eigenvalue weighted by Gasteiger charge is -2.29. The molecule has 132 valence electrons. The molecule has 1 fully saturated rings. The molecule has 2 heterocycles. The highest BCUT2D eigenvalue weighted by Gasteiger charge is 2.16. The number of aromatic nitrogens is 1. The van der Waals surface area contributed by atoms with Gasteiger partial charge < -0.3 is 15.0 Å². The number of benzene rings is 1. The Balaban J connectivity index is 1.53. The van der Waals surface area contributed by atoms with Crippen LogP contribution >= 0.6 is 0 Å². The lowest BCUT2D eigenvalue weighted by atomic mass is 10.1. The highest BCUT2D eigenvalue weighted by molar-refractivity contribution is 5.76. The Morgan fingerprint density at radius 3 is 2.88 bits per heavy atom. The summed E-state index contributed by atoms with van der Waals surface area (Å²) in [6, 6.07) is 10.2. The standard InChI is InChI=1S/C19H22FN3O2/c20-17-5-1-3-15(13-17)6-7-18(24)22-14-16-4-2-8-21-19(16)23-9-11-25-12-10-23/h1-5,8,13H,6-7,9-12,14H2,(H,22,24). The number of anilines is 1. The Labute approximate surface area is 146 Å². The predicted octanol–water partition coefficient (Wildman–Crippen LogP) is 2.31. The van der Waals surface area contributed by atoms with Gasteiger partial charge in [0.15, 0.2) is 0 Å². The zero-order valence-electron chi connectivity index (χ0n) is 14.1. The fourth-order valence-electron chi connectivity index (χ4n) is 2.86. The smallest absolute Gasteiger partial charge is 0.220 e. The Hall–Kier alpha value is -2.47. The fourth-order valence-corrected chi connectivity index (χ4v) is 2.86. The summed E-state index contributed by atoms with van der Waals surface area (Å²) in [4.78, 5) is 18.7. The summed E-state index contributed by atoms with van der Waals surface area (Å²) >= 11 is 0. The number of halogens is 1. The number of hydrogen-bond donors (Lipinski definition) is 1. The van der Waals surface area contributed by atoms with Crippen LogP contribution in [0.4, 0.5) is 10.2 Å². The number of ether oxygens (including phenoxy) is 1. The normalized spacial score (nSPS) is 14.4. The number of aryl methyl sites for hydroxylation is 1. The first-order chi connectivity index (χ1) is 12.2. The van der Waals surface area contributed by atoms with Gasteiger partial charge in [0.2, 0.25) is 5.91 Å². The number of rotatable bonds is 6. The molecule has 5 nitrogen and oxygen atoms in total. The van der Waals surface area contributed by atoms with E-state index in [9.17, 15) is 9.18 Å². The molecule has 0 spiro atoms. The summed E-state index contributed by atoms with van der Waals surface area (Å²) in [5.41, 5.74) is 1.81. The number of hydrogen-bond acceptors (Lipinski definition) is 4. The van der Waals surface area contributed by atoms with Gasteiger partial charge in [-0.1, -0.05) is 18.2 Å². The molecule has 1 saturated heterocycles. The van der Waals surface area contributed by atoms with Gasteiger partial charge in [0, 0.05) is 37.8 Å². The fraction of sp³-hybridized carbons (Fsp3) is 0.368. The highest BCUT2D eigenvalue weighted by atomic mass is 19.1. The van der Waals surface area contributed by atoms with Crippen LogP contribution in [0, 0.1) is 5.82 Å². The molecule has 1 aromatic carbocycles. The number of nitrogens with zero attached hydrogens (tertiary/aromatic N) is 2. The van der Waals surface area contributed by atoms with Crippen molar-refractivity contribution >= 4 is 11.7 Å². The molecule has 1 N–H and O–H groups in total. The number of morpholine rings is 1. The maximum absolute atomic E-state index is 13.2. The van der Waals surface area contributed by atoms with Crippen LogP contribution in [0.1, 0.15) is 17.5 Å². The molecular formula is C19H22FN3O2. The van der Waals surface area contributed by atoms with Crippen LogP contribution < -0.4 is 10.2 Å². The van der Waals surface area contributed by atoms with E-state index in [1.807, 2.05) is 18.2 Å². The van der Waals surface area contributed by atoms with E-state index in [-0.39, 0.29) is 11.7 Å². The highest BCUT2D eigenvalue weighted by Crippen LogP contribution is 2.18. The number of amides is 1. The van der Waals surface area contributed by atoms with Gasteiger partial charge in [0.1, 0.15) is 11.6 Å². The number of pyridine rings is 1. The van der Waals surface area contributed by atoms with Crippen LogP contribution in [0.25, 0.3) is 0 Å². The molecule has 6 heteroatoms. The second-order valence-electron chi connectivity index (χ2n) is 5.99. The van der Waals surface area contributed by atoms with E-state index in [0.29, 0.717) is 32.6 Å². The van der Waals surface area contributed by atoms with Crippen LogP contribution in [-0.4, -0.2) is 37.2 Å². The molecule has 3 rings (SSSR count). The summed E-state index contributed by atoms with van der Waals surface area (Å²) in [5.74, 6) is 0.570. The third-order valence-corrected chi connectivity index (χ3v) is 4.18. The van der Waals surface area contributed by atoms with Gasteiger partial charge in [-0.15, -0.1) is 0 Å². The molecular weight excluding hydrogens is 321 g/mol. The summed E-state index contributed by atoms with van der Waals surface area (Å²) < 4.78 is 18.5. The van der Waals surface area contributed by atoms with Crippen molar-refractivity contribution in [3.8, 4) is 0 Å². The van der Waals surface area contributed by atoms with Crippen LogP contribution in [0.3, 0.4) is 0 Å². The van der Waals surface area contributed by atoms with Crippen molar-refractivity contribution < 1.29 is 13.9 Å². The molecule has 1 aromatic heterocycles. The largest absolute Gasteiger partial charge is 0.378 e. The van der Waals surface area contributed by atoms with Crippen LogP contribution in [0.2, 0.25) is 0 Å². The maximum Gasteiger partial charge on any atom is 0.220 e. The molecule has 1 amide bonds. The molecule has 25 heavy (non-hydrogen) atoms. The minimum Gasteiger partial charge on any atom is -0.378 e. The first-order valence-corrected chi connectivity index (χ1v) is 8.50. The minimum absolute atomic E-state index is 0.0546. The number of carbonyl (C=O) groups excluding carboxylic acids is 1. The Bertz CT molecular complexity index is 717.